The second-order valence-corrected chi connectivity index (χ2v) is 2.87. The molecule has 0 amide bonds. The minimum atomic E-state index is -0.201. The molecule has 0 aliphatic heterocycles. The fourth-order valence-corrected chi connectivity index (χ4v) is 1.08. The Balaban J connectivity index is 3.08. The molecule has 1 rings (SSSR count). The molecule has 0 bridgehead atoms. The number of likely N-dealkylation sites (N-methyl/N-ethyl adjacent to an activating group) is 1. The van der Waals surface area contributed by atoms with E-state index in [1.165, 1.54) is 5.01 Å². The van der Waals surface area contributed by atoms with Gasteiger partial charge in [0.2, 0.25) is 0 Å². The van der Waals surface area contributed by atoms with Crippen LogP contribution in [0.5, 0.6) is 0 Å². The molecule has 0 unspecified atom stereocenters. The van der Waals surface area contributed by atoms with Gasteiger partial charge in [0.25, 0.3) is 0 Å². The summed E-state index contributed by atoms with van der Waals surface area (Å²) in [6.45, 7) is -0.201. The third-order valence-electron chi connectivity index (χ3n) is 1.86. The Kier molecular flexibility index (Phi) is 3.44. The van der Waals surface area contributed by atoms with E-state index in [9.17, 15) is 0 Å². The summed E-state index contributed by atoms with van der Waals surface area (Å²) in [5.74, 6) is 5.50. The molecule has 0 atom stereocenters. The Morgan fingerprint density at radius 3 is 2.79 bits per heavy atom. The first-order chi connectivity index (χ1) is 6.66. The first-order valence-corrected chi connectivity index (χ1v) is 4.15. The molecule has 0 spiro atoms. The number of nitrogens with two attached hydrogens (primary N) is 2. The molecule has 14 heavy (non-hydrogen) atoms. The lowest BCUT2D eigenvalue weighted by Crippen LogP contribution is -2.29. The minimum absolute atomic E-state index is 0.201. The number of nitrogens with zero attached hydrogens (tertiary/aromatic N) is 2. The summed E-state index contributed by atoms with van der Waals surface area (Å²) in [6, 6.07) is 3.58. The number of aliphatic hydroxyl groups excluding tert-OH is 1. The van der Waals surface area contributed by atoms with Gasteiger partial charge >= 0.3 is 0 Å². The van der Waals surface area contributed by atoms with Crippen LogP contribution in [0.3, 0.4) is 0 Å². The smallest absolute Gasteiger partial charge is 0.0864 e. The fourth-order valence-electron chi connectivity index (χ4n) is 1.08. The van der Waals surface area contributed by atoms with E-state index in [-0.39, 0.29) is 6.61 Å². The van der Waals surface area contributed by atoms with Gasteiger partial charge in [-0.05, 0) is 12.1 Å². The van der Waals surface area contributed by atoms with Gasteiger partial charge in [-0.3, -0.25) is 4.98 Å². The van der Waals surface area contributed by atoms with E-state index in [2.05, 4.69) is 4.98 Å². The summed E-state index contributed by atoms with van der Waals surface area (Å²) in [5, 5.41) is 10.3. The average molecular weight is 194 g/mol. The van der Waals surface area contributed by atoms with Crippen LogP contribution in [0.1, 0.15) is 5.56 Å². The lowest BCUT2D eigenvalue weighted by molar-refractivity contribution is 0.278. The highest BCUT2D eigenvalue weighted by atomic mass is 16.3. The van der Waals surface area contributed by atoms with Crippen LogP contribution in [0.25, 0.3) is 5.70 Å². The SMILES string of the molecule is CN(N)/C(CO)=C(\N)c1cccnc1. The Morgan fingerprint density at radius 1 is 1.64 bits per heavy atom. The third-order valence-corrected chi connectivity index (χ3v) is 1.86. The normalized spacial score (nSPS) is 12.2. The van der Waals surface area contributed by atoms with Crippen LogP contribution in [0.4, 0.5) is 0 Å². The molecular weight excluding hydrogens is 180 g/mol. The van der Waals surface area contributed by atoms with E-state index in [0.29, 0.717) is 11.4 Å². The van der Waals surface area contributed by atoms with Crippen LogP contribution < -0.4 is 11.6 Å². The highest BCUT2D eigenvalue weighted by Crippen LogP contribution is 2.12. The highest BCUT2D eigenvalue weighted by molar-refractivity contribution is 5.64. The summed E-state index contributed by atoms with van der Waals surface area (Å²) in [6.07, 6.45) is 3.27. The zero-order valence-corrected chi connectivity index (χ0v) is 8.01. The van der Waals surface area contributed by atoms with Gasteiger partial charge in [0.1, 0.15) is 0 Å². The minimum Gasteiger partial charge on any atom is -0.397 e. The van der Waals surface area contributed by atoms with E-state index in [1.807, 2.05) is 6.07 Å². The molecule has 1 heterocycles. The number of aromatic nitrogens is 1. The molecule has 1 aromatic heterocycles. The predicted octanol–water partition coefficient (Wildman–Crippen LogP) is -0.493. The maximum Gasteiger partial charge on any atom is 0.0864 e. The third kappa shape index (κ3) is 2.21. The summed E-state index contributed by atoms with van der Waals surface area (Å²) < 4.78 is 0. The Bertz CT molecular complexity index is 321. The largest absolute Gasteiger partial charge is 0.397 e. The van der Waals surface area contributed by atoms with E-state index in [0.717, 1.165) is 5.56 Å². The van der Waals surface area contributed by atoms with Crippen molar-refractivity contribution in [3.05, 3.63) is 35.8 Å². The molecule has 0 aliphatic carbocycles. The van der Waals surface area contributed by atoms with Gasteiger partial charge in [-0.15, -0.1) is 0 Å². The standard InChI is InChI=1S/C9H14N4O/c1-13(11)8(6-14)9(10)7-3-2-4-12-5-7/h2-5,14H,6,10-11H2,1H3/b9-8-. The molecular formula is C9H14N4O. The molecule has 5 nitrogen and oxygen atoms in total. The van der Waals surface area contributed by atoms with Gasteiger partial charge in [0.05, 0.1) is 18.0 Å². The van der Waals surface area contributed by atoms with Gasteiger partial charge in [0, 0.05) is 25.0 Å². The first-order valence-electron chi connectivity index (χ1n) is 4.15. The average Bonchev–Trinajstić information content (AvgIpc) is 2.19. The van der Waals surface area contributed by atoms with Crippen molar-refractivity contribution in [1.82, 2.24) is 9.99 Å². The number of pyridine rings is 1. The Morgan fingerprint density at radius 2 is 2.36 bits per heavy atom. The quantitative estimate of drug-likeness (QED) is 0.446. The Hall–Kier alpha value is -1.59. The molecule has 0 saturated heterocycles. The molecule has 5 N–H and O–H groups in total. The molecule has 0 aromatic carbocycles. The van der Waals surface area contributed by atoms with E-state index < -0.39 is 0 Å². The molecule has 0 saturated carbocycles. The summed E-state index contributed by atoms with van der Waals surface area (Å²) >= 11 is 0. The van der Waals surface area contributed by atoms with Crippen LogP contribution in [0.15, 0.2) is 30.2 Å². The second-order valence-electron chi connectivity index (χ2n) is 2.87. The number of hydrazine groups is 1. The van der Waals surface area contributed by atoms with Crippen LogP contribution in [-0.2, 0) is 0 Å². The van der Waals surface area contributed by atoms with Crippen molar-refractivity contribution in [2.45, 2.75) is 0 Å². The molecule has 0 fully saturated rings. The van der Waals surface area contributed by atoms with Gasteiger partial charge in [-0.1, -0.05) is 0 Å². The number of hydrogen-bond donors (Lipinski definition) is 3. The maximum absolute atomic E-state index is 9.05. The van der Waals surface area contributed by atoms with E-state index in [4.69, 9.17) is 16.7 Å². The molecule has 0 radical (unpaired) electrons. The van der Waals surface area contributed by atoms with Crippen LogP contribution in [0, 0.1) is 0 Å². The molecule has 5 heteroatoms. The summed E-state index contributed by atoms with van der Waals surface area (Å²) in [4.78, 5) is 3.93. The molecule has 76 valence electrons. The topological polar surface area (TPSA) is 88.4 Å². The lowest BCUT2D eigenvalue weighted by atomic mass is 10.2. The van der Waals surface area contributed by atoms with Crippen molar-refractivity contribution in [3.63, 3.8) is 0 Å². The van der Waals surface area contributed by atoms with Crippen LogP contribution >= 0.6 is 0 Å². The number of hydrogen-bond acceptors (Lipinski definition) is 5. The van der Waals surface area contributed by atoms with Crippen molar-refractivity contribution in [2.75, 3.05) is 13.7 Å². The summed E-state index contributed by atoms with van der Waals surface area (Å²) in [5.41, 5.74) is 7.46. The number of aliphatic hydroxyl groups is 1. The van der Waals surface area contributed by atoms with Gasteiger partial charge in [-0.25, -0.2) is 5.84 Å². The summed E-state index contributed by atoms with van der Waals surface area (Å²) in [7, 11) is 1.62. The zero-order valence-electron chi connectivity index (χ0n) is 8.01. The van der Waals surface area contributed by atoms with Crippen molar-refractivity contribution < 1.29 is 5.11 Å². The fraction of sp³-hybridized carbons (Fsp3) is 0.222. The van der Waals surface area contributed by atoms with E-state index >= 15 is 0 Å². The van der Waals surface area contributed by atoms with Crippen molar-refractivity contribution in [2.24, 2.45) is 11.6 Å². The van der Waals surface area contributed by atoms with Crippen LogP contribution in [-0.4, -0.2) is 28.8 Å². The van der Waals surface area contributed by atoms with Crippen molar-refractivity contribution >= 4 is 5.70 Å². The lowest BCUT2D eigenvalue weighted by Gasteiger charge is -2.17. The highest BCUT2D eigenvalue weighted by Gasteiger charge is 2.07. The van der Waals surface area contributed by atoms with E-state index in [1.54, 1.807) is 25.5 Å². The monoisotopic (exact) mass is 194 g/mol. The second kappa shape index (κ2) is 4.59. The predicted molar refractivity (Wildman–Crippen MR) is 54.4 cm³/mol. The van der Waals surface area contributed by atoms with Crippen molar-refractivity contribution in [1.29, 1.82) is 0 Å². The Labute approximate surface area is 82.6 Å². The van der Waals surface area contributed by atoms with Gasteiger partial charge < -0.3 is 15.8 Å². The molecule has 1 aromatic rings. The van der Waals surface area contributed by atoms with Gasteiger partial charge in [-0.2, -0.15) is 0 Å². The zero-order chi connectivity index (χ0) is 10.6. The first kappa shape index (κ1) is 10.5. The van der Waals surface area contributed by atoms with Crippen LogP contribution in [0.2, 0.25) is 0 Å². The van der Waals surface area contributed by atoms with Crippen molar-refractivity contribution in [3.8, 4) is 0 Å². The van der Waals surface area contributed by atoms with Gasteiger partial charge in [0.15, 0.2) is 0 Å². The maximum atomic E-state index is 9.05. The molecule has 0 aliphatic rings. The number of rotatable bonds is 3.